The number of thiazole rings is 1. The first-order valence-corrected chi connectivity index (χ1v) is 11.4. The van der Waals surface area contributed by atoms with Gasteiger partial charge in [0.05, 0.1) is 11.4 Å². The molecule has 1 N–H and O–H groups in total. The Kier molecular flexibility index (Phi) is 8.01. The van der Waals surface area contributed by atoms with Crippen LogP contribution in [0.5, 0.6) is 5.75 Å². The Balaban J connectivity index is 1.78. The van der Waals surface area contributed by atoms with Crippen molar-refractivity contribution < 1.29 is 17.9 Å². The molecule has 3 aromatic rings. The summed E-state index contributed by atoms with van der Waals surface area (Å²) in [7, 11) is 0. The van der Waals surface area contributed by atoms with Crippen LogP contribution in [0.4, 0.5) is 18.9 Å². The van der Waals surface area contributed by atoms with E-state index in [1.54, 1.807) is 6.07 Å². The third kappa shape index (κ3) is 6.50. The fourth-order valence-corrected chi connectivity index (χ4v) is 3.81. The molecule has 1 heterocycles. The number of para-hydroxylation sites is 2. The number of nitrogens with zero attached hydrogens (tertiary/aromatic N) is 2. The third-order valence-electron chi connectivity index (χ3n) is 4.51. The molecule has 0 aliphatic rings. The summed E-state index contributed by atoms with van der Waals surface area (Å²) in [5, 5.41) is 14.6. The molecule has 0 bridgehead atoms. The highest BCUT2D eigenvalue weighted by Gasteiger charge is 2.42. The van der Waals surface area contributed by atoms with Crippen LogP contribution in [0.3, 0.4) is 0 Å². The van der Waals surface area contributed by atoms with Gasteiger partial charge in [0.25, 0.3) is 5.63 Å². The number of benzene rings is 2. The molecule has 0 aliphatic carbocycles. The minimum absolute atomic E-state index is 0.111. The second kappa shape index (κ2) is 10.7. The molecule has 3 rings (SSSR count). The van der Waals surface area contributed by atoms with Crippen molar-refractivity contribution in [2.75, 3.05) is 5.32 Å². The van der Waals surface area contributed by atoms with Gasteiger partial charge in [-0.2, -0.15) is 14.0 Å². The molecule has 0 saturated carbocycles. The van der Waals surface area contributed by atoms with E-state index in [9.17, 15) is 18.4 Å². The average molecular weight is 492 g/mol. The maximum atomic E-state index is 13.6. The Labute approximate surface area is 199 Å². The van der Waals surface area contributed by atoms with Crippen molar-refractivity contribution in [1.29, 1.82) is 5.26 Å². The van der Waals surface area contributed by atoms with Crippen molar-refractivity contribution in [3.05, 3.63) is 70.7 Å². The normalized spacial score (nSPS) is 13.0. The lowest BCUT2D eigenvalue weighted by Crippen LogP contribution is -2.33. The highest BCUT2D eigenvalue weighted by molar-refractivity contribution is 7.11. The molecule has 0 fully saturated rings. The van der Waals surface area contributed by atoms with Gasteiger partial charge in [-0.1, -0.05) is 61.8 Å². The Hall–Kier alpha value is -3.02. The minimum Gasteiger partial charge on any atom is -0.427 e. The monoisotopic (exact) mass is 491 g/mol. The molecular weight excluding hydrogens is 471 g/mol. The topological polar surface area (TPSA) is 57.9 Å². The van der Waals surface area contributed by atoms with E-state index in [0.29, 0.717) is 10.9 Å². The first kappa shape index (κ1) is 24.6. The Morgan fingerprint density at radius 1 is 1.24 bits per heavy atom. The van der Waals surface area contributed by atoms with Gasteiger partial charge in [0.15, 0.2) is 0 Å². The molecular formula is C24H21ClF3N3OS. The zero-order valence-corrected chi connectivity index (χ0v) is 19.4. The van der Waals surface area contributed by atoms with Crippen LogP contribution in [0.25, 0.3) is 16.8 Å². The van der Waals surface area contributed by atoms with Crippen LogP contribution in [0.1, 0.15) is 24.4 Å². The lowest BCUT2D eigenvalue weighted by atomic mass is 10.0. The molecule has 172 valence electrons. The predicted octanol–water partition coefficient (Wildman–Crippen LogP) is 7.49. The maximum absolute atomic E-state index is 13.6. The molecule has 0 saturated heterocycles. The van der Waals surface area contributed by atoms with Crippen molar-refractivity contribution in [1.82, 2.24) is 4.98 Å². The molecule has 33 heavy (non-hydrogen) atoms. The fraction of sp³-hybridized carbons (Fsp3) is 0.250. The Morgan fingerprint density at radius 3 is 2.58 bits per heavy atom. The number of hydrogen-bond acceptors (Lipinski definition) is 5. The van der Waals surface area contributed by atoms with Gasteiger partial charge in [0, 0.05) is 17.1 Å². The van der Waals surface area contributed by atoms with Gasteiger partial charge in [-0.05, 0) is 30.0 Å². The van der Waals surface area contributed by atoms with Crippen LogP contribution in [0.15, 0.2) is 60.1 Å². The molecule has 4 nitrogen and oxygen atoms in total. The van der Waals surface area contributed by atoms with Crippen LogP contribution in [-0.2, 0) is 6.42 Å². The van der Waals surface area contributed by atoms with Gasteiger partial charge in [0.2, 0.25) is 0 Å². The van der Waals surface area contributed by atoms with Gasteiger partial charge in [0.1, 0.15) is 22.4 Å². The molecule has 9 heteroatoms. The van der Waals surface area contributed by atoms with E-state index < -0.39 is 11.7 Å². The summed E-state index contributed by atoms with van der Waals surface area (Å²) in [6.45, 7) is 4.33. The third-order valence-corrected chi connectivity index (χ3v) is 5.64. The van der Waals surface area contributed by atoms with Crippen molar-refractivity contribution in [3.8, 4) is 23.1 Å². The van der Waals surface area contributed by atoms with Crippen LogP contribution < -0.4 is 10.1 Å². The van der Waals surface area contributed by atoms with E-state index in [0.717, 1.165) is 17.7 Å². The largest absolute Gasteiger partial charge is 0.444 e. The van der Waals surface area contributed by atoms with Crippen LogP contribution in [0, 0.1) is 17.2 Å². The van der Waals surface area contributed by atoms with Crippen LogP contribution >= 0.6 is 22.9 Å². The van der Waals surface area contributed by atoms with Crippen LogP contribution in [0.2, 0.25) is 0 Å². The zero-order valence-electron chi connectivity index (χ0n) is 17.9. The molecule has 0 spiro atoms. The van der Waals surface area contributed by atoms with E-state index >= 15 is 0 Å². The number of aromatic nitrogens is 1. The standard InChI is InChI=1S/C24H21ClF3N3OS/c1-15(2)11-16-7-9-17(10-8-16)20-14-33-22(31-20)18(12-29)13-30-19-5-3-4-6-21(19)32-24(27,28)23(25)26/h3-10,13-15,23,30H,11H2,1-2H3/b18-13+. The minimum atomic E-state index is -4.21. The molecule has 0 amide bonds. The zero-order chi connectivity index (χ0) is 24.0. The van der Waals surface area contributed by atoms with Crippen molar-refractivity contribution in [2.24, 2.45) is 5.92 Å². The van der Waals surface area contributed by atoms with E-state index in [1.807, 2.05) is 23.6 Å². The summed E-state index contributed by atoms with van der Waals surface area (Å²) < 4.78 is 44.5. The SMILES string of the molecule is CC(C)Cc1ccc(-c2csc(/C(C#N)=C/Nc3ccccc3OC(F)(F)C(F)Cl)n2)cc1. The van der Waals surface area contributed by atoms with Gasteiger partial charge in [-0.25, -0.2) is 9.37 Å². The first-order valence-electron chi connectivity index (χ1n) is 10.1. The van der Waals surface area contributed by atoms with E-state index in [2.05, 4.69) is 41.0 Å². The first-order chi connectivity index (χ1) is 15.7. The molecule has 0 radical (unpaired) electrons. The molecule has 1 atom stereocenters. The second-order valence-electron chi connectivity index (χ2n) is 7.61. The Morgan fingerprint density at radius 2 is 1.94 bits per heavy atom. The summed E-state index contributed by atoms with van der Waals surface area (Å²) in [5.74, 6) is 0.244. The fourth-order valence-electron chi connectivity index (χ4n) is 2.97. The number of alkyl halides is 4. The smallest absolute Gasteiger partial charge is 0.427 e. The molecule has 2 aromatic carbocycles. The number of halogens is 4. The van der Waals surface area contributed by atoms with Gasteiger partial charge < -0.3 is 10.1 Å². The van der Waals surface area contributed by atoms with Crippen molar-refractivity contribution in [3.63, 3.8) is 0 Å². The lowest BCUT2D eigenvalue weighted by molar-refractivity contribution is -0.198. The number of nitrogens with one attached hydrogen (secondary N) is 1. The predicted molar refractivity (Wildman–Crippen MR) is 126 cm³/mol. The maximum Gasteiger partial charge on any atom is 0.444 e. The van der Waals surface area contributed by atoms with Crippen molar-refractivity contribution in [2.45, 2.75) is 32.0 Å². The molecule has 1 unspecified atom stereocenters. The number of rotatable bonds is 9. The van der Waals surface area contributed by atoms with E-state index in [-0.39, 0.29) is 17.0 Å². The highest BCUT2D eigenvalue weighted by atomic mass is 35.5. The van der Waals surface area contributed by atoms with Crippen LogP contribution in [-0.4, -0.2) is 16.7 Å². The van der Waals surface area contributed by atoms with Gasteiger partial charge >= 0.3 is 6.11 Å². The van der Waals surface area contributed by atoms with Gasteiger partial charge in [-0.15, -0.1) is 11.3 Å². The summed E-state index contributed by atoms with van der Waals surface area (Å²) >= 11 is 6.15. The average Bonchev–Trinajstić information content (AvgIpc) is 3.25. The van der Waals surface area contributed by atoms with E-state index in [1.165, 1.54) is 41.3 Å². The Bertz CT molecular complexity index is 1150. The lowest BCUT2D eigenvalue weighted by Gasteiger charge is -2.19. The van der Waals surface area contributed by atoms with E-state index in [4.69, 9.17) is 11.6 Å². The van der Waals surface area contributed by atoms with Gasteiger partial charge in [-0.3, -0.25) is 0 Å². The quantitative estimate of drug-likeness (QED) is 0.249. The summed E-state index contributed by atoms with van der Waals surface area (Å²) in [6.07, 6.45) is -1.89. The number of anilines is 1. The molecule has 0 aliphatic heterocycles. The summed E-state index contributed by atoms with van der Waals surface area (Å²) in [5.41, 5.74) is 0.198. The number of ether oxygens (including phenoxy) is 1. The number of allylic oxidation sites excluding steroid dienone is 1. The van der Waals surface area contributed by atoms with Crippen molar-refractivity contribution >= 4 is 34.2 Å². The second-order valence-corrected chi connectivity index (χ2v) is 8.85. The summed E-state index contributed by atoms with van der Waals surface area (Å²) in [4.78, 5) is 4.53. The number of nitriles is 1. The summed E-state index contributed by atoms with van der Waals surface area (Å²) in [6, 6.07) is 15.9. The number of hydrogen-bond donors (Lipinski definition) is 1. The highest BCUT2D eigenvalue weighted by Crippen LogP contribution is 2.34. The molecule has 1 aromatic heterocycles.